The Bertz CT molecular complexity index is 1220. The second-order valence-corrected chi connectivity index (χ2v) is 11.1. The van der Waals surface area contributed by atoms with Crippen molar-refractivity contribution in [3.05, 3.63) is 58.3 Å². The average molecular weight is 502 g/mol. The Kier molecular flexibility index (Phi) is 6.26. The molecule has 0 radical (unpaired) electrons. The Balaban J connectivity index is 1.86. The number of hydrogen-bond donors (Lipinski definition) is 1. The van der Waals surface area contributed by atoms with E-state index in [-0.39, 0.29) is 4.90 Å². The van der Waals surface area contributed by atoms with Gasteiger partial charge in [-0.3, -0.25) is 0 Å². The van der Waals surface area contributed by atoms with Gasteiger partial charge in [-0.15, -0.1) is 0 Å². The molecule has 5 nitrogen and oxygen atoms in total. The summed E-state index contributed by atoms with van der Waals surface area (Å²) in [4.78, 5) is 4.77. The van der Waals surface area contributed by atoms with Crippen LogP contribution in [0.15, 0.2) is 52.0 Å². The lowest BCUT2D eigenvalue weighted by Gasteiger charge is -2.28. The Morgan fingerprint density at radius 1 is 1.16 bits per heavy atom. The van der Waals surface area contributed by atoms with Crippen molar-refractivity contribution in [1.82, 2.24) is 8.96 Å². The van der Waals surface area contributed by atoms with Crippen LogP contribution in [0, 0.1) is 12.8 Å². The second kappa shape index (κ2) is 8.79. The second-order valence-electron chi connectivity index (χ2n) is 8.47. The lowest BCUT2D eigenvalue weighted by atomic mass is 9.87. The van der Waals surface area contributed by atoms with Crippen LogP contribution >= 0.6 is 15.9 Å². The van der Waals surface area contributed by atoms with Gasteiger partial charge in [-0.1, -0.05) is 30.7 Å². The zero-order valence-corrected chi connectivity index (χ0v) is 20.5. The molecule has 1 aliphatic carbocycles. The number of anilines is 1. The van der Waals surface area contributed by atoms with Gasteiger partial charge in [0.2, 0.25) is 0 Å². The van der Waals surface area contributed by atoms with Crippen molar-refractivity contribution in [3.63, 3.8) is 0 Å². The lowest BCUT2D eigenvalue weighted by Crippen LogP contribution is -2.25. The summed E-state index contributed by atoms with van der Waals surface area (Å²) in [6, 6.07) is 9.21. The third-order valence-corrected chi connectivity index (χ3v) is 8.36. The van der Waals surface area contributed by atoms with Crippen LogP contribution in [0.3, 0.4) is 0 Å². The summed E-state index contributed by atoms with van der Waals surface area (Å²) < 4.78 is 29.4. The van der Waals surface area contributed by atoms with Crippen molar-refractivity contribution in [2.45, 2.75) is 57.4 Å². The van der Waals surface area contributed by atoms with E-state index in [1.807, 2.05) is 44.2 Å². The molecule has 7 heteroatoms. The van der Waals surface area contributed by atoms with Gasteiger partial charge >= 0.3 is 0 Å². The predicted molar refractivity (Wildman–Crippen MR) is 131 cm³/mol. The molecule has 3 aromatic rings. The van der Waals surface area contributed by atoms with Crippen molar-refractivity contribution in [2.75, 3.05) is 5.32 Å². The summed E-state index contributed by atoms with van der Waals surface area (Å²) in [6.45, 7) is 6.12. The van der Waals surface area contributed by atoms with Gasteiger partial charge < -0.3 is 5.32 Å². The molecule has 2 heterocycles. The fraction of sp³-hybridized carbons (Fsp3) is 0.375. The fourth-order valence-electron chi connectivity index (χ4n) is 4.23. The van der Waals surface area contributed by atoms with Gasteiger partial charge in [0.15, 0.2) is 5.65 Å². The Morgan fingerprint density at radius 2 is 1.84 bits per heavy atom. The molecule has 0 bridgehead atoms. The van der Waals surface area contributed by atoms with Crippen molar-refractivity contribution >= 4 is 48.8 Å². The Hall–Kier alpha value is -2.12. The summed E-state index contributed by atoms with van der Waals surface area (Å²) >= 11 is 3.63. The molecular weight excluding hydrogens is 474 g/mol. The number of benzene rings is 1. The largest absolute Gasteiger partial charge is 0.381 e. The first-order valence-corrected chi connectivity index (χ1v) is 13.0. The third kappa shape index (κ3) is 4.30. The molecule has 2 aromatic heterocycles. The molecule has 0 aliphatic heterocycles. The number of hydrogen-bond acceptors (Lipinski definition) is 4. The molecule has 1 aliphatic rings. The van der Waals surface area contributed by atoms with E-state index in [0.29, 0.717) is 17.4 Å². The van der Waals surface area contributed by atoms with Crippen molar-refractivity contribution in [2.24, 2.45) is 5.92 Å². The lowest BCUT2D eigenvalue weighted by molar-refractivity contribution is 0.361. The van der Waals surface area contributed by atoms with Crippen molar-refractivity contribution < 1.29 is 8.42 Å². The molecule has 31 heavy (non-hydrogen) atoms. The van der Waals surface area contributed by atoms with Gasteiger partial charge in [-0.25, -0.2) is 17.4 Å². The Morgan fingerprint density at radius 3 is 2.48 bits per heavy atom. The van der Waals surface area contributed by atoms with Gasteiger partial charge in [0.25, 0.3) is 10.0 Å². The smallest absolute Gasteiger partial charge is 0.269 e. The summed E-state index contributed by atoms with van der Waals surface area (Å²) in [5, 5.41) is 4.48. The SMILES string of the molecule is C/C=C/c1cc2c(NC3CCC(C)CC3)c(Br)cnc2n1S(=O)(=O)c1ccc(C)cc1. The van der Waals surface area contributed by atoms with Crippen LogP contribution < -0.4 is 5.32 Å². The fourth-order valence-corrected chi connectivity index (χ4v) is 6.12. The molecule has 1 fully saturated rings. The molecule has 1 aromatic carbocycles. The Labute approximate surface area is 192 Å². The van der Waals surface area contributed by atoms with Crippen LogP contribution in [0.2, 0.25) is 0 Å². The number of rotatable bonds is 5. The molecule has 0 atom stereocenters. The van der Waals surface area contributed by atoms with Gasteiger partial charge in [-0.05, 0) is 85.7 Å². The third-order valence-electron chi connectivity index (χ3n) is 6.03. The molecule has 0 unspecified atom stereocenters. The topological polar surface area (TPSA) is 64.0 Å². The van der Waals surface area contributed by atoms with E-state index in [1.165, 1.54) is 16.8 Å². The van der Waals surface area contributed by atoms with E-state index in [9.17, 15) is 8.42 Å². The average Bonchev–Trinajstić information content (AvgIpc) is 3.11. The first-order chi connectivity index (χ1) is 14.8. The zero-order valence-electron chi connectivity index (χ0n) is 18.1. The molecular formula is C24H28BrN3O2S. The van der Waals surface area contributed by atoms with E-state index in [2.05, 4.69) is 33.2 Å². The number of aromatic nitrogens is 2. The molecule has 0 saturated heterocycles. The van der Waals surface area contributed by atoms with Gasteiger partial charge in [-0.2, -0.15) is 0 Å². The standard InChI is InChI=1S/C24H28BrN3O2S/c1-4-5-19-14-21-23(27-18-10-6-16(2)7-11-18)22(25)15-26-24(21)28(19)31(29,30)20-12-8-17(3)9-13-20/h4-5,8-9,12-16,18H,6-7,10-11H2,1-3H3,(H,26,27)/b5-4+. The van der Waals surface area contributed by atoms with E-state index in [1.54, 1.807) is 18.3 Å². The number of aryl methyl sites for hydroxylation is 1. The highest BCUT2D eigenvalue weighted by atomic mass is 79.9. The molecule has 4 rings (SSSR count). The first-order valence-electron chi connectivity index (χ1n) is 10.7. The van der Waals surface area contributed by atoms with Crippen LogP contribution in [0.1, 0.15) is 50.8 Å². The maximum absolute atomic E-state index is 13.6. The molecule has 0 amide bonds. The number of fused-ring (bicyclic) bond motifs is 1. The van der Waals surface area contributed by atoms with Crippen molar-refractivity contribution in [3.8, 4) is 0 Å². The van der Waals surface area contributed by atoms with E-state index in [0.717, 1.165) is 39.9 Å². The first kappa shape index (κ1) is 22.1. The summed E-state index contributed by atoms with van der Waals surface area (Å²) in [5.41, 5.74) is 2.95. The van der Waals surface area contributed by atoms with Crippen LogP contribution in [-0.4, -0.2) is 23.4 Å². The van der Waals surface area contributed by atoms with Crippen LogP contribution in [0.4, 0.5) is 5.69 Å². The van der Waals surface area contributed by atoms with Gasteiger partial charge in [0, 0.05) is 17.6 Å². The minimum absolute atomic E-state index is 0.252. The molecule has 1 saturated carbocycles. The van der Waals surface area contributed by atoms with Crippen LogP contribution in [0.5, 0.6) is 0 Å². The van der Waals surface area contributed by atoms with E-state index in [4.69, 9.17) is 0 Å². The van der Waals surface area contributed by atoms with E-state index < -0.39 is 10.0 Å². The highest BCUT2D eigenvalue weighted by molar-refractivity contribution is 9.10. The normalized spacial score (nSPS) is 19.9. The quantitative estimate of drug-likeness (QED) is 0.441. The number of nitrogens with zero attached hydrogens (tertiary/aromatic N) is 2. The van der Waals surface area contributed by atoms with Gasteiger partial charge in [0.05, 0.1) is 20.7 Å². The number of nitrogens with one attached hydrogen (secondary N) is 1. The minimum Gasteiger partial charge on any atom is -0.381 e. The summed E-state index contributed by atoms with van der Waals surface area (Å²) in [6.07, 6.45) is 9.99. The number of halogens is 1. The highest BCUT2D eigenvalue weighted by Gasteiger charge is 2.26. The van der Waals surface area contributed by atoms with Gasteiger partial charge in [0.1, 0.15) is 0 Å². The molecule has 1 N–H and O–H groups in total. The zero-order chi connectivity index (χ0) is 22.2. The molecule has 164 valence electrons. The summed E-state index contributed by atoms with van der Waals surface area (Å²) in [7, 11) is -3.80. The molecule has 0 spiro atoms. The number of pyridine rings is 1. The van der Waals surface area contributed by atoms with Crippen molar-refractivity contribution in [1.29, 1.82) is 0 Å². The minimum atomic E-state index is -3.80. The number of allylic oxidation sites excluding steroid dienone is 1. The predicted octanol–water partition coefficient (Wildman–Crippen LogP) is 6.37. The van der Waals surface area contributed by atoms with Crippen LogP contribution in [0.25, 0.3) is 17.1 Å². The highest BCUT2D eigenvalue weighted by Crippen LogP contribution is 2.36. The van der Waals surface area contributed by atoms with Crippen LogP contribution in [-0.2, 0) is 10.0 Å². The monoisotopic (exact) mass is 501 g/mol. The maximum atomic E-state index is 13.6. The van der Waals surface area contributed by atoms with E-state index >= 15 is 0 Å². The summed E-state index contributed by atoms with van der Waals surface area (Å²) in [5.74, 6) is 0.765. The maximum Gasteiger partial charge on any atom is 0.269 e.